The summed E-state index contributed by atoms with van der Waals surface area (Å²) >= 11 is 0. The van der Waals surface area contributed by atoms with Gasteiger partial charge in [0.2, 0.25) is 5.96 Å². The second-order valence-electron chi connectivity index (χ2n) is 16.2. The Hall–Kier alpha value is -8.26. The number of rotatable bonds is 14. The normalized spacial score (nSPS) is 13.2. The Morgan fingerprint density at radius 3 is 1.18 bits per heavy atom. The van der Waals surface area contributed by atoms with Crippen molar-refractivity contribution < 1.29 is 82.6 Å². The highest BCUT2D eigenvalue weighted by Gasteiger charge is 2.24. The summed E-state index contributed by atoms with van der Waals surface area (Å²) in [5.41, 5.74) is 4.47. The van der Waals surface area contributed by atoms with Gasteiger partial charge < -0.3 is 21.7 Å². The van der Waals surface area contributed by atoms with Crippen LogP contribution in [0.15, 0.2) is 189 Å². The van der Waals surface area contributed by atoms with Crippen LogP contribution in [0.3, 0.4) is 0 Å². The molecule has 0 bridgehead atoms. The van der Waals surface area contributed by atoms with E-state index in [-0.39, 0.29) is 83.0 Å². The number of urea groups is 1. The highest BCUT2D eigenvalue weighted by Crippen LogP contribution is 2.40. The Labute approximate surface area is 440 Å². The average molecular weight is 1180 g/mol. The van der Waals surface area contributed by atoms with Crippen molar-refractivity contribution in [1.82, 2.24) is 5.32 Å². The van der Waals surface area contributed by atoms with Gasteiger partial charge in [0.25, 0.3) is 60.7 Å². The Balaban J connectivity index is 1.14. The summed E-state index contributed by atoms with van der Waals surface area (Å²) in [5.74, 6) is -0.654. The molecule has 78 heavy (non-hydrogen) atoms. The number of hydrogen-bond donors (Lipinski definition) is 10. The molecule has 0 atom stereocenters. The Bertz CT molecular complexity index is 4770. The maximum Gasteiger partial charge on any atom is 0.341 e. The molecule has 0 heterocycles. The van der Waals surface area contributed by atoms with Crippen molar-refractivity contribution in [2.24, 2.45) is 31.2 Å². The number of nitrogens with one attached hydrogen (secondary N) is 3. The molecule has 0 saturated heterocycles. The van der Waals surface area contributed by atoms with Gasteiger partial charge in [0.1, 0.15) is 25.4 Å². The van der Waals surface area contributed by atoms with Crippen molar-refractivity contribution in [3.63, 3.8) is 0 Å². The minimum absolute atomic E-state index is 0.0190. The summed E-state index contributed by atoms with van der Waals surface area (Å²) in [6.45, 7) is 3.88. The summed E-state index contributed by atoms with van der Waals surface area (Å²) in [6, 6.07) is 20.5. The van der Waals surface area contributed by atoms with Crippen LogP contribution in [-0.2, 0) is 60.7 Å². The smallest absolute Gasteiger partial charge is 0.341 e. The van der Waals surface area contributed by atoms with Crippen LogP contribution in [0.1, 0.15) is 0 Å². The van der Waals surface area contributed by atoms with E-state index in [0.29, 0.717) is 0 Å². The molecule has 0 unspecified atom stereocenters. The number of amides is 2. The summed E-state index contributed by atoms with van der Waals surface area (Å²) in [7, 11) is -29.8. The van der Waals surface area contributed by atoms with E-state index in [1.807, 2.05) is 0 Å². The number of nitrogens with two attached hydrogens (primary N) is 1. The van der Waals surface area contributed by atoms with Gasteiger partial charge in [-0.3, -0.25) is 27.3 Å². The van der Waals surface area contributed by atoms with Crippen LogP contribution in [-0.4, -0.2) is 89.8 Å². The van der Waals surface area contributed by atoms with Gasteiger partial charge in [-0.1, -0.05) is 43.0 Å². The van der Waals surface area contributed by atoms with Gasteiger partial charge in [0.05, 0.1) is 32.5 Å². The van der Waals surface area contributed by atoms with Gasteiger partial charge >= 0.3 is 6.03 Å². The summed E-state index contributed by atoms with van der Waals surface area (Å²) < 4.78 is 207. The van der Waals surface area contributed by atoms with E-state index >= 15 is 0 Å². The lowest BCUT2D eigenvalue weighted by Crippen LogP contribution is -2.34. The van der Waals surface area contributed by atoms with E-state index < -0.39 is 102 Å². The van der Waals surface area contributed by atoms with Gasteiger partial charge in [-0.05, 0) is 84.9 Å². The third-order valence-electron chi connectivity index (χ3n) is 11.0. The number of azo groups is 2. The molecule has 8 aromatic carbocycles. The standard InChI is InChI=1S/C44H33N9O19S6/c1-22(46-35-12-14-37(31-20-25(73(55,56)57)8-10-27(31)35)52-50-23-16-33-29(41(18-23)77(67,68)69)4-2-6-39(33)75(61,62)63)47-44(49-43(45)54)48-36-13-15-38(32-21-26(74(58,59)60)9-11-28(32)36)53-51-24-17-34-30(42(19-24)78(70,71)72)5-3-7-40(34)76(64,65)66/h2-21,46H,1H2,(H,55,56,57)(H,58,59,60)(H,61,62,63)(H,64,65,66)(H,67,68,69)(H,70,71,72)(H4,45,47,48,49,54)/b52-50+,53-51+. The summed E-state index contributed by atoms with van der Waals surface area (Å²) in [5, 5.41) is 23.2. The summed E-state index contributed by atoms with van der Waals surface area (Å²) in [6.07, 6.45) is 0. The maximum absolute atomic E-state index is 12.4. The predicted octanol–water partition coefficient (Wildman–Crippen LogP) is 7.63. The van der Waals surface area contributed by atoms with E-state index in [1.54, 1.807) is 0 Å². The van der Waals surface area contributed by atoms with Crippen molar-refractivity contribution in [2.75, 3.05) is 10.6 Å². The monoisotopic (exact) mass is 1180 g/mol. The number of benzene rings is 8. The van der Waals surface area contributed by atoms with E-state index in [9.17, 15) is 82.6 Å². The largest absolute Gasteiger partial charge is 0.350 e. The average Bonchev–Trinajstić information content (AvgIpc) is 3.39. The second kappa shape index (κ2) is 20.3. The number of anilines is 2. The topological polar surface area (TPSA) is 467 Å². The molecule has 404 valence electrons. The van der Waals surface area contributed by atoms with Gasteiger partial charge in [-0.2, -0.15) is 65.7 Å². The number of fused-ring (bicyclic) bond motifs is 4. The fourth-order valence-corrected chi connectivity index (χ4v) is 11.7. The van der Waals surface area contributed by atoms with Crippen molar-refractivity contribution in [2.45, 2.75) is 29.4 Å². The molecular weight excluding hydrogens is 1150 g/mol. The lowest BCUT2D eigenvalue weighted by molar-refractivity contribution is 0.256. The molecular formula is C44H33N9O19S6. The van der Waals surface area contributed by atoms with Crippen molar-refractivity contribution >= 4 is 150 Å². The SMILES string of the molecule is C=C(N/C(=N\C(N)=O)Nc1ccc(/N=N/c2cc(S(=O)(=O)O)c3cccc(S(=O)(=O)O)c3c2)c2cc(S(=O)(=O)O)ccc12)Nc1ccc(/N=N/c2cc(S(=O)(=O)O)c3cccc(S(=O)(=O)O)c3c2)c2cc(S(=O)(=O)O)ccc12. The Morgan fingerprint density at radius 2 is 0.808 bits per heavy atom. The van der Waals surface area contributed by atoms with Crippen molar-refractivity contribution in [3.8, 4) is 0 Å². The number of guanidine groups is 1. The van der Waals surface area contributed by atoms with E-state index in [1.165, 1.54) is 36.4 Å². The van der Waals surface area contributed by atoms with Gasteiger partial charge in [0, 0.05) is 54.5 Å². The Kier molecular flexibility index (Phi) is 14.5. The van der Waals surface area contributed by atoms with Crippen LogP contribution < -0.4 is 21.7 Å². The van der Waals surface area contributed by atoms with Crippen LogP contribution >= 0.6 is 0 Å². The highest BCUT2D eigenvalue weighted by molar-refractivity contribution is 7.87. The molecule has 0 aliphatic carbocycles. The number of hydrogen-bond acceptors (Lipinski definition) is 18. The molecule has 8 rings (SSSR count). The quantitative estimate of drug-likeness (QED) is 0.0216. The molecule has 0 saturated carbocycles. The molecule has 11 N–H and O–H groups in total. The molecule has 0 aliphatic rings. The molecule has 0 radical (unpaired) electrons. The number of primary amides is 1. The zero-order valence-corrected chi connectivity index (χ0v) is 43.4. The zero-order chi connectivity index (χ0) is 57.1. The number of aliphatic imine (C=N–C) groups is 1. The van der Waals surface area contributed by atoms with E-state index in [0.717, 1.165) is 84.9 Å². The molecule has 0 aromatic heterocycles. The lowest BCUT2D eigenvalue weighted by Gasteiger charge is -2.18. The fourth-order valence-electron chi connectivity index (χ4n) is 7.83. The highest BCUT2D eigenvalue weighted by atomic mass is 32.2. The molecule has 0 fully saturated rings. The van der Waals surface area contributed by atoms with Crippen LogP contribution in [0.2, 0.25) is 0 Å². The van der Waals surface area contributed by atoms with Gasteiger partial charge in [-0.15, -0.1) is 10.2 Å². The minimum atomic E-state index is -5.07. The van der Waals surface area contributed by atoms with Gasteiger partial charge in [-0.25, -0.2) is 4.79 Å². The lowest BCUT2D eigenvalue weighted by atomic mass is 10.1. The van der Waals surface area contributed by atoms with E-state index in [2.05, 4.69) is 48.0 Å². The molecule has 0 aliphatic heterocycles. The van der Waals surface area contributed by atoms with Crippen LogP contribution in [0.5, 0.6) is 0 Å². The van der Waals surface area contributed by atoms with Crippen molar-refractivity contribution in [3.05, 3.63) is 134 Å². The third-order valence-corrected chi connectivity index (χ3v) is 16.3. The van der Waals surface area contributed by atoms with Gasteiger partial charge in [0.15, 0.2) is 0 Å². The molecule has 34 heteroatoms. The molecule has 8 aromatic rings. The first kappa shape index (κ1) is 56.0. The third kappa shape index (κ3) is 12.1. The first-order valence-electron chi connectivity index (χ1n) is 21.0. The molecule has 28 nitrogen and oxygen atoms in total. The number of carbonyl (C=O) groups excluding carboxylic acids is 1. The van der Waals surface area contributed by atoms with Crippen molar-refractivity contribution in [1.29, 1.82) is 0 Å². The van der Waals surface area contributed by atoms with Crippen LogP contribution in [0.4, 0.5) is 38.9 Å². The summed E-state index contributed by atoms with van der Waals surface area (Å²) in [4.78, 5) is 11.6. The number of carbonyl (C=O) groups is 1. The van der Waals surface area contributed by atoms with Crippen LogP contribution in [0, 0.1) is 0 Å². The minimum Gasteiger partial charge on any atom is -0.350 e. The first-order valence-corrected chi connectivity index (χ1v) is 29.6. The molecule has 2 amide bonds. The second-order valence-corrected chi connectivity index (χ2v) is 24.6. The maximum atomic E-state index is 12.4. The van der Waals surface area contributed by atoms with E-state index in [4.69, 9.17) is 5.73 Å². The fraction of sp³-hybridized carbons (Fsp3) is 0. The Morgan fingerprint density at radius 1 is 0.410 bits per heavy atom. The zero-order valence-electron chi connectivity index (χ0n) is 38.5. The number of nitrogens with zero attached hydrogens (tertiary/aromatic N) is 5. The first-order chi connectivity index (χ1) is 36.2. The molecule has 0 spiro atoms. The van der Waals surface area contributed by atoms with Crippen LogP contribution in [0.25, 0.3) is 43.1 Å². The predicted molar refractivity (Wildman–Crippen MR) is 280 cm³/mol.